The predicted octanol–water partition coefficient (Wildman–Crippen LogP) is 2.11. The number of aliphatic hydroxyl groups excluding tert-OH is 1. The molecule has 0 spiro atoms. The number of hydrogen-bond donors (Lipinski definition) is 1. The van der Waals surface area contributed by atoms with Gasteiger partial charge in [-0.15, -0.1) is 0 Å². The summed E-state index contributed by atoms with van der Waals surface area (Å²) >= 11 is 0. The van der Waals surface area contributed by atoms with Gasteiger partial charge in [0.2, 0.25) is 0 Å². The monoisotopic (exact) mass is 217 g/mol. The van der Waals surface area contributed by atoms with Crippen LogP contribution < -0.4 is 0 Å². The van der Waals surface area contributed by atoms with Crippen LogP contribution in [0.3, 0.4) is 0 Å². The van der Waals surface area contributed by atoms with E-state index >= 15 is 0 Å². The summed E-state index contributed by atoms with van der Waals surface area (Å²) in [6.07, 6.45) is -2.31. The molecule has 0 aliphatic heterocycles. The lowest BCUT2D eigenvalue weighted by atomic mass is 10.2. The van der Waals surface area contributed by atoms with Crippen LogP contribution in [-0.4, -0.2) is 22.1 Å². The Kier molecular flexibility index (Phi) is 3.08. The molecule has 15 heavy (non-hydrogen) atoms. The fourth-order valence-corrected chi connectivity index (χ4v) is 0.804. The average molecular weight is 217 g/mol. The lowest BCUT2D eigenvalue weighted by Crippen LogP contribution is -2.20. The van der Waals surface area contributed by atoms with Gasteiger partial charge in [0.1, 0.15) is 5.76 Å². The van der Waals surface area contributed by atoms with Crippen molar-refractivity contribution in [3.63, 3.8) is 0 Å². The third-order valence-corrected chi connectivity index (χ3v) is 1.50. The maximum atomic E-state index is 11.8. The molecule has 0 radical (unpaired) electrons. The first-order chi connectivity index (χ1) is 6.91. The number of alkyl halides is 3. The molecule has 0 aliphatic rings. The first kappa shape index (κ1) is 11.2. The van der Waals surface area contributed by atoms with Crippen molar-refractivity contribution in [2.45, 2.75) is 6.18 Å². The Morgan fingerprint density at radius 3 is 2.60 bits per heavy atom. The first-order valence-corrected chi connectivity index (χ1v) is 3.83. The summed E-state index contributed by atoms with van der Waals surface area (Å²) in [6.45, 7) is 0. The van der Waals surface area contributed by atoms with E-state index in [1.165, 1.54) is 18.3 Å². The van der Waals surface area contributed by atoms with Crippen molar-refractivity contribution >= 4 is 11.5 Å². The molecule has 0 saturated carbocycles. The van der Waals surface area contributed by atoms with Gasteiger partial charge in [0.15, 0.2) is 0 Å². The molecular weight excluding hydrogens is 211 g/mol. The van der Waals surface area contributed by atoms with E-state index in [1.807, 2.05) is 0 Å². The minimum Gasteiger partial charge on any atom is -0.507 e. The Bertz CT molecular complexity index is 384. The second-order valence-electron chi connectivity index (χ2n) is 2.63. The minimum absolute atomic E-state index is 0.0510. The van der Waals surface area contributed by atoms with E-state index in [2.05, 4.69) is 4.98 Å². The van der Waals surface area contributed by atoms with Gasteiger partial charge in [0, 0.05) is 24.0 Å². The first-order valence-electron chi connectivity index (χ1n) is 3.83. The fourth-order valence-electron chi connectivity index (χ4n) is 0.804. The number of hydrogen-bond acceptors (Lipinski definition) is 3. The zero-order chi connectivity index (χ0) is 11.5. The minimum atomic E-state index is -4.98. The van der Waals surface area contributed by atoms with Crippen LogP contribution in [0.5, 0.6) is 0 Å². The number of halogens is 3. The molecule has 0 bridgehead atoms. The Morgan fingerprint density at radius 1 is 1.47 bits per heavy atom. The summed E-state index contributed by atoms with van der Waals surface area (Å²) < 4.78 is 35.4. The quantitative estimate of drug-likeness (QED) is 0.609. The molecule has 0 fully saturated rings. The molecule has 1 aromatic heterocycles. The number of aliphatic hydroxyl groups is 1. The number of aromatic nitrogens is 1. The topological polar surface area (TPSA) is 50.2 Å². The van der Waals surface area contributed by atoms with Gasteiger partial charge in [0.25, 0.3) is 5.78 Å². The van der Waals surface area contributed by atoms with E-state index in [1.54, 1.807) is 0 Å². The molecule has 1 N–H and O–H groups in total. The molecule has 0 atom stereocenters. The molecule has 6 heteroatoms. The van der Waals surface area contributed by atoms with Crippen LogP contribution in [0.2, 0.25) is 0 Å². The Labute approximate surface area is 82.9 Å². The van der Waals surface area contributed by atoms with Crippen LogP contribution >= 0.6 is 0 Å². The maximum absolute atomic E-state index is 11.8. The van der Waals surface area contributed by atoms with Crippen molar-refractivity contribution in [1.82, 2.24) is 4.98 Å². The van der Waals surface area contributed by atoms with Crippen molar-refractivity contribution in [3.8, 4) is 0 Å². The third-order valence-electron chi connectivity index (χ3n) is 1.50. The largest absolute Gasteiger partial charge is 0.507 e. The van der Waals surface area contributed by atoms with Gasteiger partial charge in [0.05, 0.1) is 0 Å². The molecule has 80 valence electrons. The smallest absolute Gasteiger partial charge is 0.454 e. The summed E-state index contributed by atoms with van der Waals surface area (Å²) in [4.78, 5) is 14.0. The highest BCUT2D eigenvalue weighted by atomic mass is 19.4. The normalized spacial score (nSPS) is 12.6. The number of carbonyl (C=O) groups is 1. The molecule has 0 unspecified atom stereocenters. The predicted molar refractivity (Wildman–Crippen MR) is 45.9 cm³/mol. The van der Waals surface area contributed by atoms with Gasteiger partial charge in [-0.1, -0.05) is 0 Å². The van der Waals surface area contributed by atoms with E-state index < -0.39 is 17.7 Å². The molecular formula is C9H6F3NO2. The zero-order valence-electron chi connectivity index (χ0n) is 7.32. The van der Waals surface area contributed by atoms with Crippen molar-refractivity contribution < 1.29 is 23.1 Å². The molecule has 1 aromatic rings. The molecule has 1 rings (SSSR count). The standard InChI is InChI=1S/C9H6F3NO2/c10-9(11,12)8(15)4-7(14)6-2-1-3-13-5-6/h1-5,14H/b7-4-. The fraction of sp³-hybridized carbons (Fsp3) is 0.111. The van der Waals surface area contributed by atoms with Gasteiger partial charge in [-0.2, -0.15) is 13.2 Å². The zero-order valence-corrected chi connectivity index (χ0v) is 7.32. The molecule has 0 aromatic carbocycles. The number of pyridine rings is 1. The number of nitrogens with zero attached hydrogens (tertiary/aromatic N) is 1. The van der Waals surface area contributed by atoms with E-state index in [4.69, 9.17) is 5.11 Å². The van der Waals surface area contributed by atoms with Crippen molar-refractivity contribution in [1.29, 1.82) is 0 Å². The molecule has 0 aliphatic carbocycles. The van der Waals surface area contributed by atoms with Crippen LogP contribution in [0.4, 0.5) is 13.2 Å². The highest BCUT2D eigenvalue weighted by Crippen LogP contribution is 2.19. The SMILES string of the molecule is O=C(/C=C(\O)c1cccnc1)C(F)(F)F. The van der Waals surface area contributed by atoms with Gasteiger partial charge in [-0.05, 0) is 12.1 Å². The van der Waals surface area contributed by atoms with E-state index in [-0.39, 0.29) is 11.6 Å². The number of rotatable bonds is 2. The summed E-state index contributed by atoms with van der Waals surface area (Å²) in [5.74, 6) is -2.87. The van der Waals surface area contributed by atoms with Crippen LogP contribution in [0.25, 0.3) is 5.76 Å². The maximum Gasteiger partial charge on any atom is 0.454 e. The highest BCUT2D eigenvalue weighted by molar-refractivity contribution is 5.99. The van der Waals surface area contributed by atoms with E-state index in [0.717, 1.165) is 6.20 Å². The Balaban J connectivity index is 2.91. The molecule has 0 saturated heterocycles. The number of ketones is 1. The third kappa shape index (κ3) is 3.08. The van der Waals surface area contributed by atoms with Gasteiger partial charge in [-0.25, -0.2) is 0 Å². The van der Waals surface area contributed by atoms with Crippen molar-refractivity contribution in [2.75, 3.05) is 0 Å². The van der Waals surface area contributed by atoms with Crippen LogP contribution in [0.1, 0.15) is 5.56 Å². The van der Waals surface area contributed by atoms with Crippen LogP contribution in [0.15, 0.2) is 30.6 Å². The second kappa shape index (κ2) is 4.12. The number of carbonyl (C=O) groups excluding carboxylic acids is 1. The highest BCUT2D eigenvalue weighted by Gasteiger charge is 2.36. The van der Waals surface area contributed by atoms with Crippen molar-refractivity contribution in [2.24, 2.45) is 0 Å². The summed E-state index contributed by atoms with van der Waals surface area (Å²) in [6, 6.07) is 2.76. The summed E-state index contributed by atoms with van der Waals surface area (Å²) in [5, 5.41) is 9.15. The van der Waals surface area contributed by atoms with Crippen LogP contribution in [0, 0.1) is 0 Å². The molecule has 1 heterocycles. The summed E-state index contributed by atoms with van der Waals surface area (Å²) in [5.41, 5.74) is 0.0510. The average Bonchev–Trinajstić information content (AvgIpc) is 2.17. The van der Waals surface area contributed by atoms with Gasteiger partial charge < -0.3 is 5.11 Å². The summed E-state index contributed by atoms with van der Waals surface area (Å²) in [7, 11) is 0. The number of allylic oxidation sites excluding steroid dienone is 1. The molecule has 3 nitrogen and oxygen atoms in total. The van der Waals surface area contributed by atoms with E-state index in [0.29, 0.717) is 0 Å². The lowest BCUT2D eigenvalue weighted by molar-refractivity contribution is -0.165. The van der Waals surface area contributed by atoms with Crippen molar-refractivity contribution in [3.05, 3.63) is 36.2 Å². The van der Waals surface area contributed by atoms with E-state index in [9.17, 15) is 18.0 Å². The van der Waals surface area contributed by atoms with Gasteiger partial charge in [-0.3, -0.25) is 9.78 Å². The van der Waals surface area contributed by atoms with Gasteiger partial charge >= 0.3 is 6.18 Å². The lowest BCUT2D eigenvalue weighted by Gasteiger charge is -2.02. The molecule has 0 amide bonds. The van der Waals surface area contributed by atoms with Crippen LogP contribution in [-0.2, 0) is 4.79 Å². The Morgan fingerprint density at radius 2 is 2.13 bits per heavy atom. The Hall–Kier alpha value is -1.85. The second-order valence-corrected chi connectivity index (χ2v) is 2.63.